The van der Waals surface area contributed by atoms with Crippen molar-refractivity contribution >= 4 is 31.5 Å². The number of amides is 1. The molecule has 1 amide bonds. The molecule has 0 spiro atoms. The number of unbranched alkanes of at least 4 members (excludes halogenated alkanes) is 22. The molecule has 410 valence electrons. The average molecular weight is 1030 g/mol. The lowest BCUT2D eigenvalue weighted by Gasteiger charge is -2.32. The fourth-order valence-corrected chi connectivity index (χ4v) is 9.39. The number of phosphoric ester groups is 1. The number of phosphoric acid groups is 1. The SMILES string of the molecule is CCCCCCCCC=CCCCCCCCC(=O)OCC(COP(=O)(O)OCCNC(=O)C=C(C)C=CC=C(C)C=CC1=C(C)CCCC1(C)C)=[O+]C(=O)CCCCCCCC=CCCCCCCCC. The van der Waals surface area contributed by atoms with E-state index in [4.69, 9.17) is 18.2 Å². The fourth-order valence-electron chi connectivity index (χ4n) is 8.69. The van der Waals surface area contributed by atoms with Gasteiger partial charge in [0.1, 0.15) is 13.0 Å². The molecule has 0 radical (unpaired) electrons. The minimum atomic E-state index is -4.63. The van der Waals surface area contributed by atoms with Gasteiger partial charge in [0.2, 0.25) is 5.91 Å². The number of ether oxygens (including phenoxy) is 1. The summed E-state index contributed by atoms with van der Waals surface area (Å²) in [5.74, 6) is -1.44. The lowest BCUT2D eigenvalue weighted by molar-refractivity contribution is -0.381. The van der Waals surface area contributed by atoms with E-state index in [-0.39, 0.29) is 49.7 Å². The summed E-state index contributed by atoms with van der Waals surface area (Å²) in [6, 6.07) is 0. The van der Waals surface area contributed by atoms with Crippen molar-refractivity contribution < 1.29 is 42.1 Å². The Morgan fingerprint density at radius 3 is 1.74 bits per heavy atom. The minimum absolute atomic E-state index is 0.0505. The van der Waals surface area contributed by atoms with Crippen molar-refractivity contribution in [2.75, 3.05) is 26.4 Å². The molecule has 1 rings (SSSR count). The number of allylic oxidation sites excluding steroid dienone is 13. The number of rotatable bonds is 44. The van der Waals surface area contributed by atoms with Crippen molar-refractivity contribution in [3.8, 4) is 0 Å². The maximum Gasteiger partial charge on any atom is 0.579 e. The van der Waals surface area contributed by atoms with Crippen molar-refractivity contribution in [2.24, 2.45) is 5.41 Å². The summed E-state index contributed by atoms with van der Waals surface area (Å²) >= 11 is 0. The molecule has 0 fully saturated rings. The summed E-state index contributed by atoms with van der Waals surface area (Å²) in [5.41, 5.74) is 4.87. The van der Waals surface area contributed by atoms with E-state index < -0.39 is 26.4 Å². The molecule has 0 aromatic rings. The van der Waals surface area contributed by atoms with Crippen LogP contribution in [0.15, 0.2) is 83.1 Å². The monoisotopic (exact) mass is 1020 g/mol. The van der Waals surface area contributed by atoms with Crippen molar-refractivity contribution in [2.45, 2.75) is 248 Å². The van der Waals surface area contributed by atoms with E-state index >= 15 is 0 Å². The average Bonchev–Trinajstić information content (AvgIpc) is 3.33. The van der Waals surface area contributed by atoms with E-state index in [1.807, 2.05) is 32.1 Å². The van der Waals surface area contributed by atoms with Crippen LogP contribution in [0.25, 0.3) is 0 Å². The second-order valence-corrected chi connectivity index (χ2v) is 22.1. The summed E-state index contributed by atoms with van der Waals surface area (Å²) in [5, 5.41) is 2.65. The minimum Gasteiger partial charge on any atom is -0.455 e. The summed E-state index contributed by atoms with van der Waals surface area (Å²) in [6.07, 6.45) is 54.6. The lowest BCUT2D eigenvalue weighted by atomic mass is 9.72. The molecule has 1 unspecified atom stereocenters. The zero-order valence-corrected chi connectivity index (χ0v) is 47.6. The van der Waals surface area contributed by atoms with Crippen molar-refractivity contribution in [1.82, 2.24) is 5.32 Å². The van der Waals surface area contributed by atoms with Crippen LogP contribution in [0.4, 0.5) is 0 Å². The van der Waals surface area contributed by atoms with E-state index in [1.54, 1.807) is 0 Å². The fraction of sp³-hybridized carbons (Fsp3) is 0.705. The quantitative estimate of drug-likeness (QED) is 0.0117. The van der Waals surface area contributed by atoms with E-state index in [1.165, 1.54) is 107 Å². The van der Waals surface area contributed by atoms with Gasteiger partial charge in [-0.1, -0.05) is 196 Å². The van der Waals surface area contributed by atoms with Gasteiger partial charge >= 0.3 is 19.8 Å². The highest BCUT2D eigenvalue weighted by Gasteiger charge is 2.27. The molecule has 72 heavy (non-hydrogen) atoms. The van der Waals surface area contributed by atoms with Crippen molar-refractivity contribution in [3.05, 3.63) is 83.1 Å². The van der Waals surface area contributed by atoms with Gasteiger partial charge < -0.3 is 14.9 Å². The zero-order chi connectivity index (χ0) is 53.0. The molecule has 11 heteroatoms. The molecule has 0 bridgehead atoms. The number of nitrogens with one attached hydrogen (secondary N) is 1. The Morgan fingerprint density at radius 2 is 1.19 bits per heavy atom. The van der Waals surface area contributed by atoms with Crippen LogP contribution in [-0.2, 0) is 37.2 Å². The van der Waals surface area contributed by atoms with Gasteiger partial charge in [0.05, 0.1) is 6.61 Å². The van der Waals surface area contributed by atoms with Crippen molar-refractivity contribution in [3.63, 3.8) is 0 Å². The molecular formula is C61H103NO9P+. The van der Waals surface area contributed by atoms with Gasteiger partial charge in [0, 0.05) is 23.8 Å². The highest BCUT2D eigenvalue weighted by molar-refractivity contribution is 7.47. The predicted octanol–water partition coefficient (Wildman–Crippen LogP) is 17.0. The Balaban J connectivity index is 2.58. The van der Waals surface area contributed by atoms with Crippen LogP contribution in [0.1, 0.15) is 248 Å². The smallest absolute Gasteiger partial charge is 0.455 e. The van der Waals surface area contributed by atoms with Gasteiger partial charge in [-0.2, -0.15) is 0 Å². The van der Waals surface area contributed by atoms with E-state index in [0.29, 0.717) is 12.8 Å². The van der Waals surface area contributed by atoms with Gasteiger partial charge in [-0.05, 0) is 121 Å². The Bertz CT molecular complexity index is 1780. The molecule has 10 nitrogen and oxygen atoms in total. The first-order valence-electron chi connectivity index (χ1n) is 28.5. The van der Waals surface area contributed by atoms with E-state index in [9.17, 15) is 23.8 Å². The first kappa shape index (κ1) is 66.6. The maximum absolute atomic E-state index is 12.9. The Labute approximate surface area is 439 Å². The molecule has 0 saturated carbocycles. The van der Waals surface area contributed by atoms with Crippen LogP contribution in [0.5, 0.6) is 0 Å². The number of esters is 1. The van der Waals surface area contributed by atoms with Gasteiger partial charge in [-0.3, -0.25) is 23.1 Å². The maximum atomic E-state index is 12.9. The number of hydrogen-bond acceptors (Lipinski definition) is 7. The number of carbonyl (C=O) groups is 3. The summed E-state index contributed by atoms with van der Waals surface area (Å²) < 4.78 is 34.0. The molecule has 1 aliphatic carbocycles. The predicted molar refractivity (Wildman–Crippen MR) is 301 cm³/mol. The molecule has 1 aliphatic rings. The summed E-state index contributed by atoms with van der Waals surface area (Å²) in [6.45, 7) is 13.8. The van der Waals surface area contributed by atoms with Crippen LogP contribution < -0.4 is 5.32 Å². The van der Waals surface area contributed by atoms with Crippen LogP contribution in [-0.4, -0.2) is 54.9 Å². The third-order valence-corrected chi connectivity index (χ3v) is 14.1. The van der Waals surface area contributed by atoms with Crippen LogP contribution >= 0.6 is 7.82 Å². The lowest BCUT2D eigenvalue weighted by Crippen LogP contribution is -2.26. The van der Waals surface area contributed by atoms with E-state index in [2.05, 4.69) is 76.4 Å². The van der Waals surface area contributed by atoms with Crippen molar-refractivity contribution in [1.29, 1.82) is 0 Å². The Morgan fingerprint density at radius 1 is 0.681 bits per heavy atom. The highest BCUT2D eigenvalue weighted by Crippen LogP contribution is 2.43. The molecule has 0 aromatic carbocycles. The van der Waals surface area contributed by atoms with Crippen LogP contribution in [0.2, 0.25) is 0 Å². The zero-order valence-electron chi connectivity index (χ0n) is 46.7. The van der Waals surface area contributed by atoms with Gasteiger partial charge in [-0.15, -0.1) is 0 Å². The van der Waals surface area contributed by atoms with Gasteiger partial charge in [-0.25, -0.2) is 4.57 Å². The van der Waals surface area contributed by atoms with Gasteiger partial charge in [0.15, 0.2) is 6.61 Å². The second kappa shape index (κ2) is 43.9. The molecule has 0 heterocycles. The van der Waals surface area contributed by atoms with E-state index in [0.717, 1.165) is 94.6 Å². The number of ketones is 1. The second-order valence-electron chi connectivity index (χ2n) is 20.6. The van der Waals surface area contributed by atoms with Gasteiger partial charge in [0.25, 0.3) is 5.78 Å². The molecule has 0 aromatic heterocycles. The molecular weight excluding hydrogens is 922 g/mol. The molecule has 1 atom stereocenters. The molecule has 0 saturated heterocycles. The number of hydrogen-bond donors (Lipinski definition) is 2. The Hall–Kier alpha value is -3.43. The van der Waals surface area contributed by atoms with Crippen LogP contribution in [0.3, 0.4) is 0 Å². The summed E-state index contributed by atoms with van der Waals surface area (Å²) in [7, 11) is -4.63. The molecule has 0 aliphatic heterocycles. The largest absolute Gasteiger partial charge is 0.579 e. The first-order valence-corrected chi connectivity index (χ1v) is 30.0. The Kier molecular flexibility index (Phi) is 40.6. The standard InChI is InChI=1S/C61H102NO9P/c1-8-10-12-14-16-18-20-22-24-26-28-30-32-34-36-43-59(64)68-51-56(71-60(65)44-37-35-33-31-29-27-25-23-21-19-17-15-13-11-9-2)52-70-72(66,67)69-49-48-62-58(63)50-54(4)41-38-40-53(3)45-46-57-55(5)42-39-47-61(57,6)7/h22-25,38,40-41,45-46,50H,8-21,26-37,39,42-44,47-49,51-52H2,1-7H3,(H-,62,63,66,67)/p+1. The summed E-state index contributed by atoms with van der Waals surface area (Å²) in [4.78, 5) is 48.5. The third kappa shape index (κ3) is 39.1. The van der Waals surface area contributed by atoms with Crippen LogP contribution in [0, 0.1) is 5.41 Å². The number of carbonyl (C=O) groups excluding carboxylic acids is 4. The topological polar surface area (TPSA) is 140 Å². The molecule has 2 N–H and O–H groups in total. The first-order chi connectivity index (χ1) is 34.7. The third-order valence-electron chi connectivity index (χ3n) is 13.1. The normalized spacial score (nSPS) is 15.7. The highest BCUT2D eigenvalue weighted by atomic mass is 31.2.